The Hall–Kier alpha value is -2.31. The van der Waals surface area contributed by atoms with E-state index in [9.17, 15) is 4.79 Å². The molecule has 0 saturated carbocycles. The van der Waals surface area contributed by atoms with Gasteiger partial charge in [0.25, 0.3) is 0 Å². The van der Waals surface area contributed by atoms with Crippen LogP contribution in [0.2, 0.25) is 0 Å². The summed E-state index contributed by atoms with van der Waals surface area (Å²) >= 11 is 0. The van der Waals surface area contributed by atoms with Crippen molar-refractivity contribution in [3.63, 3.8) is 0 Å². The minimum atomic E-state index is -0.481. The molecule has 1 amide bonds. The molecule has 126 valence electrons. The van der Waals surface area contributed by atoms with Crippen molar-refractivity contribution in [1.29, 1.82) is 0 Å². The number of carbonyl (C=O) groups excluding carboxylic acids is 1. The van der Waals surface area contributed by atoms with Crippen LogP contribution in [0.15, 0.2) is 31.2 Å². The summed E-state index contributed by atoms with van der Waals surface area (Å²) in [6, 6.07) is 0.253. The largest absolute Gasteiger partial charge is 0.444 e. The van der Waals surface area contributed by atoms with Gasteiger partial charge in [-0.25, -0.2) is 14.8 Å². The Morgan fingerprint density at radius 2 is 2.13 bits per heavy atom. The van der Waals surface area contributed by atoms with Crippen molar-refractivity contribution >= 4 is 6.09 Å². The van der Waals surface area contributed by atoms with Crippen LogP contribution in [-0.4, -0.2) is 37.3 Å². The zero-order valence-corrected chi connectivity index (χ0v) is 14.2. The highest BCUT2D eigenvalue weighted by Crippen LogP contribution is 2.13. The van der Waals surface area contributed by atoms with Gasteiger partial charge in [-0.05, 0) is 27.7 Å². The lowest BCUT2D eigenvalue weighted by atomic mass is 10.2. The molecule has 0 aliphatic rings. The lowest BCUT2D eigenvalue weighted by molar-refractivity contribution is 0.0528. The van der Waals surface area contributed by atoms with Gasteiger partial charge in [-0.3, -0.25) is 0 Å². The molecule has 0 bridgehead atoms. The first-order chi connectivity index (χ1) is 10.8. The van der Waals surface area contributed by atoms with Gasteiger partial charge in [-0.2, -0.15) is 0 Å². The van der Waals surface area contributed by atoms with E-state index in [1.54, 1.807) is 12.5 Å². The molecule has 0 radical (unpaired) electrons. The van der Waals surface area contributed by atoms with E-state index >= 15 is 0 Å². The Morgan fingerprint density at radius 3 is 2.78 bits per heavy atom. The molecule has 1 N–H and O–H groups in total. The number of hydrogen-bond donors (Lipinski definition) is 1. The number of nitrogens with zero attached hydrogens (tertiary/aromatic N) is 4. The summed E-state index contributed by atoms with van der Waals surface area (Å²) in [5.41, 5.74) is 0.596. The number of hydrogen-bond acceptors (Lipinski definition) is 4. The van der Waals surface area contributed by atoms with E-state index < -0.39 is 11.7 Å². The van der Waals surface area contributed by atoms with Gasteiger partial charge in [0.2, 0.25) is 0 Å². The van der Waals surface area contributed by atoms with Gasteiger partial charge in [0, 0.05) is 49.8 Å². The Labute approximate surface area is 136 Å². The van der Waals surface area contributed by atoms with Crippen LogP contribution in [0.4, 0.5) is 4.79 Å². The molecule has 2 rings (SSSR count). The molecule has 0 fully saturated rings. The van der Waals surface area contributed by atoms with Gasteiger partial charge >= 0.3 is 6.09 Å². The molecule has 0 aliphatic heterocycles. The zero-order chi connectivity index (χ0) is 16.9. The van der Waals surface area contributed by atoms with E-state index in [-0.39, 0.29) is 6.04 Å². The van der Waals surface area contributed by atoms with E-state index in [0.717, 1.165) is 12.2 Å². The second kappa shape index (κ2) is 7.30. The van der Waals surface area contributed by atoms with Gasteiger partial charge in [0.1, 0.15) is 5.60 Å². The van der Waals surface area contributed by atoms with Crippen LogP contribution < -0.4 is 5.32 Å². The molecule has 1 atom stereocenters. The maximum absolute atomic E-state index is 11.7. The monoisotopic (exact) mass is 319 g/mol. The van der Waals surface area contributed by atoms with E-state index in [0.29, 0.717) is 13.0 Å². The van der Waals surface area contributed by atoms with Gasteiger partial charge < -0.3 is 19.2 Å². The summed E-state index contributed by atoms with van der Waals surface area (Å²) in [6.45, 7) is 9.01. The number of rotatable bonds is 6. The molecule has 7 nitrogen and oxygen atoms in total. The number of imidazole rings is 2. The van der Waals surface area contributed by atoms with Gasteiger partial charge in [0.05, 0.1) is 12.7 Å². The van der Waals surface area contributed by atoms with E-state index in [4.69, 9.17) is 4.74 Å². The normalized spacial score (nSPS) is 12.9. The summed E-state index contributed by atoms with van der Waals surface area (Å²) < 4.78 is 9.38. The second-order valence-corrected chi connectivity index (χ2v) is 6.58. The lowest BCUT2D eigenvalue weighted by Crippen LogP contribution is -2.33. The standard InChI is InChI=1S/C16H25N5O2/c1-13(10-20-8-7-17-11-20)21-12-18-9-14(21)5-6-19-15(22)23-16(2,3)4/h7-9,11-13H,5-6,10H2,1-4H3,(H,19,22). The van der Waals surface area contributed by atoms with Crippen molar-refractivity contribution < 1.29 is 9.53 Å². The molecule has 2 aromatic heterocycles. The van der Waals surface area contributed by atoms with E-state index in [2.05, 4.69) is 26.8 Å². The summed E-state index contributed by atoms with van der Waals surface area (Å²) in [5.74, 6) is 0. The molecule has 2 aromatic rings. The third-order valence-corrected chi connectivity index (χ3v) is 3.30. The SMILES string of the molecule is CC(Cn1ccnc1)n1cncc1CCNC(=O)OC(C)(C)C. The molecule has 1 unspecified atom stereocenters. The first-order valence-corrected chi connectivity index (χ1v) is 7.78. The van der Waals surface area contributed by atoms with Crippen LogP contribution in [0.3, 0.4) is 0 Å². The molecule has 7 heteroatoms. The minimum absolute atomic E-state index is 0.253. The minimum Gasteiger partial charge on any atom is -0.444 e. The zero-order valence-electron chi connectivity index (χ0n) is 14.2. The first kappa shape index (κ1) is 17.1. The van der Waals surface area contributed by atoms with Crippen LogP contribution in [-0.2, 0) is 17.7 Å². The van der Waals surface area contributed by atoms with Crippen molar-refractivity contribution in [2.24, 2.45) is 0 Å². The molecule has 0 aliphatic carbocycles. The van der Waals surface area contributed by atoms with Gasteiger partial charge in [0.15, 0.2) is 0 Å². The molecule has 23 heavy (non-hydrogen) atoms. The van der Waals surface area contributed by atoms with Crippen molar-refractivity contribution in [3.05, 3.63) is 36.9 Å². The van der Waals surface area contributed by atoms with Gasteiger partial charge in [-0.15, -0.1) is 0 Å². The van der Waals surface area contributed by atoms with Crippen LogP contribution in [0.5, 0.6) is 0 Å². The van der Waals surface area contributed by atoms with Crippen LogP contribution in [0, 0.1) is 0 Å². The molecular weight excluding hydrogens is 294 g/mol. The van der Waals surface area contributed by atoms with Crippen molar-refractivity contribution in [1.82, 2.24) is 24.4 Å². The molecular formula is C16H25N5O2. The topological polar surface area (TPSA) is 74.0 Å². The van der Waals surface area contributed by atoms with Crippen molar-refractivity contribution in [2.75, 3.05) is 6.54 Å². The van der Waals surface area contributed by atoms with Crippen LogP contribution in [0.25, 0.3) is 0 Å². The summed E-state index contributed by atoms with van der Waals surface area (Å²) in [4.78, 5) is 19.9. The van der Waals surface area contributed by atoms with E-state index in [1.165, 1.54) is 0 Å². The third-order valence-electron chi connectivity index (χ3n) is 3.30. The second-order valence-electron chi connectivity index (χ2n) is 6.58. The highest BCUT2D eigenvalue weighted by Gasteiger charge is 2.16. The van der Waals surface area contributed by atoms with Crippen molar-refractivity contribution in [2.45, 2.75) is 52.3 Å². The summed E-state index contributed by atoms with van der Waals surface area (Å²) in [6.07, 6.45) is 9.48. The molecule has 0 spiro atoms. The maximum Gasteiger partial charge on any atom is 0.407 e. The third kappa shape index (κ3) is 5.43. The average Bonchev–Trinajstić information content (AvgIpc) is 3.07. The first-order valence-electron chi connectivity index (χ1n) is 7.78. The highest BCUT2D eigenvalue weighted by atomic mass is 16.6. The molecule has 0 saturated heterocycles. The lowest BCUT2D eigenvalue weighted by Gasteiger charge is -2.20. The highest BCUT2D eigenvalue weighted by molar-refractivity contribution is 5.67. The van der Waals surface area contributed by atoms with Gasteiger partial charge in [-0.1, -0.05) is 0 Å². The number of carbonyl (C=O) groups is 1. The maximum atomic E-state index is 11.7. The van der Waals surface area contributed by atoms with Crippen LogP contribution >= 0.6 is 0 Å². The smallest absolute Gasteiger partial charge is 0.407 e. The quantitative estimate of drug-likeness (QED) is 0.887. The van der Waals surface area contributed by atoms with Crippen molar-refractivity contribution in [3.8, 4) is 0 Å². The number of amides is 1. The average molecular weight is 319 g/mol. The van der Waals surface area contributed by atoms with Crippen LogP contribution in [0.1, 0.15) is 39.4 Å². The van der Waals surface area contributed by atoms with E-state index in [1.807, 2.05) is 44.1 Å². The number of nitrogens with one attached hydrogen (secondary N) is 1. The predicted molar refractivity (Wildman–Crippen MR) is 87.1 cm³/mol. The summed E-state index contributed by atoms with van der Waals surface area (Å²) in [7, 11) is 0. The predicted octanol–water partition coefficient (Wildman–Crippen LogP) is 2.41. The molecule has 2 heterocycles. The fraction of sp³-hybridized carbons (Fsp3) is 0.562. The number of ether oxygens (including phenoxy) is 1. The summed E-state index contributed by atoms with van der Waals surface area (Å²) in [5, 5.41) is 2.77. The Morgan fingerprint density at radius 1 is 1.35 bits per heavy atom. The Bertz CT molecular complexity index is 613. The number of alkyl carbamates (subject to hydrolysis) is 1. The Balaban J connectivity index is 1.85. The molecule has 0 aromatic carbocycles. The fourth-order valence-electron chi connectivity index (χ4n) is 2.32. The fourth-order valence-corrected chi connectivity index (χ4v) is 2.32. The number of aromatic nitrogens is 4. The Kier molecular flexibility index (Phi) is 5.41.